The summed E-state index contributed by atoms with van der Waals surface area (Å²) in [6.07, 6.45) is 1.43. The first-order valence-electron chi connectivity index (χ1n) is 4.96. The van der Waals surface area contributed by atoms with Gasteiger partial charge in [0.05, 0.1) is 11.8 Å². The van der Waals surface area contributed by atoms with Gasteiger partial charge in [-0.05, 0) is 28.1 Å². The number of para-hydroxylation sites is 1. The fourth-order valence-electron chi connectivity index (χ4n) is 1.39. The molecule has 0 saturated carbocycles. The van der Waals surface area contributed by atoms with E-state index in [0.717, 1.165) is 0 Å². The molecule has 1 heterocycles. The van der Waals surface area contributed by atoms with Gasteiger partial charge in [0.25, 0.3) is 5.91 Å². The van der Waals surface area contributed by atoms with E-state index >= 15 is 0 Å². The van der Waals surface area contributed by atoms with Crippen LogP contribution in [-0.2, 0) is 6.54 Å². The number of carbonyl (C=O) groups excluding carboxylic acids is 1. The van der Waals surface area contributed by atoms with E-state index in [0.29, 0.717) is 15.8 Å². The molecule has 5 heteroatoms. The summed E-state index contributed by atoms with van der Waals surface area (Å²) >= 11 is 3.13. The Labute approximate surface area is 106 Å². The summed E-state index contributed by atoms with van der Waals surface area (Å²) in [4.78, 5) is 11.7. The van der Waals surface area contributed by atoms with Crippen molar-refractivity contribution in [3.05, 3.63) is 52.4 Å². The van der Waals surface area contributed by atoms with Crippen molar-refractivity contribution in [2.24, 2.45) is 0 Å². The number of phenolic OH excluding ortho intramolecular Hbond substituents is 1. The Balaban J connectivity index is 2.02. The molecule has 4 nitrogen and oxygen atoms in total. The van der Waals surface area contributed by atoms with Crippen LogP contribution in [-0.4, -0.2) is 11.0 Å². The normalized spacial score (nSPS) is 10.2. The molecule has 88 valence electrons. The van der Waals surface area contributed by atoms with E-state index in [1.165, 1.54) is 6.26 Å². The minimum atomic E-state index is -0.256. The van der Waals surface area contributed by atoms with Crippen LogP contribution in [0.4, 0.5) is 0 Å². The highest BCUT2D eigenvalue weighted by atomic mass is 79.9. The minimum Gasteiger partial charge on any atom is -0.508 e. The lowest BCUT2D eigenvalue weighted by Crippen LogP contribution is -2.22. The second-order valence-corrected chi connectivity index (χ2v) is 4.14. The van der Waals surface area contributed by atoms with Gasteiger partial charge in [0.15, 0.2) is 4.67 Å². The van der Waals surface area contributed by atoms with Crippen LogP contribution in [0, 0.1) is 0 Å². The first kappa shape index (κ1) is 11.7. The SMILES string of the molecule is O=C(NCc1ccccc1O)c1ccoc1Br. The Kier molecular flexibility index (Phi) is 3.49. The summed E-state index contributed by atoms with van der Waals surface area (Å²) in [6, 6.07) is 8.43. The Morgan fingerprint density at radius 1 is 1.35 bits per heavy atom. The average molecular weight is 296 g/mol. The zero-order valence-electron chi connectivity index (χ0n) is 8.81. The first-order valence-corrected chi connectivity index (χ1v) is 5.76. The molecule has 0 radical (unpaired) electrons. The number of nitrogens with one attached hydrogen (secondary N) is 1. The van der Waals surface area contributed by atoms with E-state index in [9.17, 15) is 9.90 Å². The van der Waals surface area contributed by atoms with Crippen LogP contribution in [0.3, 0.4) is 0 Å². The Hall–Kier alpha value is -1.75. The molecule has 2 N–H and O–H groups in total. The van der Waals surface area contributed by atoms with E-state index in [1.807, 2.05) is 0 Å². The monoisotopic (exact) mass is 295 g/mol. The summed E-state index contributed by atoms with van der Waals surface area (Å²) in [5.41, 5.74) is 1.10. The highest BCUT2D eigenvalue weighted by Crippen LogP contribution is 2.18. The Morgan fingerprint density at radius 3 is 2.76 bits per heavy atom. The van der Waals surface area contributed by atoms with Gasteiger partial charge in [-0.2, -0.15) is 0 Å². The molecule has 0 aliphatic rings. The van der Waals surface area contributed by atoms with Gasteiger partial charge in [-0.15, -0.1) is 0 Å². The van der Waals surface area contributed by atoms with E-state index in [4.69, 9.17) is 4.42 Å². The van der Waals surface area contributed by atoms with Crippen LogP contribution in [0.5, 0.6) is 5.75 Å². The molecule has 2 rings (SSSR count). The quantitative estimate of drug-likeness (QED) is 0.915. The summed E-state index contributed by atoms with van der Waals surface area (Å²) in [5.74, 6) is -0.0899. The molecule has 1 aromatic heterocycles. The molecule has 0 atom stereocenters. The van der Waals surface area contributed by atoms with Crippen LogP contribution in [0.2, 0.25) is 0 Å². The summed E-state index contributed by atoms with van der Waals surface area (Å²) in [6.45, 7) is 0.267. The molecular weight excluding hydrogens is 286 g/mol. The number of phenols is 1. The molecule has 1 amide bonds. The second kappa shape index (κ2) is 5.05. The van der Waals surface area contributed by atoms with Gasteiger partial charge < -0.3 is 14.8 Å². The van der Waals surface area contributed by atoms with Crippen molar-refractivity contribution in [1.82, 2.24) is 5.32 Å². The summed E-state index contributed by atoms with van der Waals surface area (Å²) in [7, 11) is 0. The molecular formula is C12H10BrNO3. The topological polar surface area (TPSA) is 62.5 Å². The third-order valence-corrected chi connectivity index (χ3v) is 2.91. The third-order valence-electron chi connectivity index (χ3n) is 2.29. The van der Waals surface area contributed by atoms with Gasteiger partial charge in [-0.25, -0.2) is 0 Å². The van der Waals surface area contributed by atoms with Gasteiger partial charge in [-0.1, -0.05) is 18.2 Å². The molecule has 17 heavy (non-hydrogen) atoms. The minimum absolute atomic E-state index is 0.166. The fraction of sp³-hybridized carbons (Fsp3) is 0.0833. The maximum absolute atomic E-state index is 11.7. The molecule has 0 spiro atoms. The largest absolute Gasteiger partial charge is 0.508 e. The van der Waals surface area contributed by atoms with Crippen LogP contribution in [0.15, 0.2) is 45.7 Å². The number of halogens is 1. The number of benzene rings is 1. The number of amides is 1. The van der Waals surface area contributed by atoms with Gasteiger partial charge >= 0.3 is 0 Å². The lowest BCUT2D eigenvalue weighted by atomic mass is 10.2. The number of hydrogen-bond donors (Lipinski definition) is 2. The maximum atomic E-state index is 11.7. The lowest BCUT2D eigenvalue weighted by molar-refractivity contribution is 0.0949. The Morgan fingerprint density at radius 2 is 2.12 bits per heavy atom. The molecule has 0 aliphatic carbocycles. The van der Waals surface area contributed by atoms with Crippen molar-refractivity contribution in [3.8, 4) is 5.75 Å². The number of rotatable bonds is 3. The van der Waals surface area contributed by atoms with E-state index in [-0.39, 0.29) is 18.2 Å². The molecule has 0 fully saturated rings. The first-order chi connectivity index (χ1) is 8.18. The Bertz CT molecular complexity index is 536. The zero-order chi connectivity index (χ0) is 12.3. The van der Waals surface area contributed by atoms with E-state index < -0.39 is 0 Å². The smallest absolute Gasteiger partial charge is 0.256 e. The summed E-state index contributed by atoms with van der Waals surface area (Å²) in [5, 5.41) is 12.2. The van der Waals surface area contributed by atoms with Gasteiger partial charge in [0.2, 0.25) is 0 Å². The molecule has 0 aliphatic heterocycles. The van der Waals surface area contributed by atoms with Gasteiger partial charge in [0, 0.05) is 12.1 Å². The molecule has 1 aromatic carbocycles. The van der Waals surface area contributed by atoms with Crippen molar-refractivity contribution in [2.45, 2.75) is 6.54 Å². The number of hydrogen-bond acceptors (Lipinski definition) is 3. The summed E-state index contributed by atoms with van der Waals surface area (Å²) < 4.78 is 5.36. The molecule has 2 aromatic rings. The highest BCUT2D eigenvalue weighted by molar-refractivity contribution is 9.10. The van der Waals surface area contributed by atoms with E-state index in [2.05, 4.69) is 21.2 Å². The highest BCUT2D eigenvalue weighted by Gasteiger charge is 2.12. The fourth-order valence-corrected chi connectivity index (χ4v) is 1.81. The van der Waals surface area contributed by atoms with Crippen molar-refractivity contribution >= 4 is 21.8 Å². The lowest BCUT2D eigenvalue weighted by Gasteiger charge is -2.05. The van der Waals surface area contributed by atoms with Crippen LogP contribution >= 0.6 is 15.9 Å². The van der Waals surface area contributed by atoms with Gasteiger partial charge in [-0.3, -0.25) is 4.79 Å². The second-order valence-electron chi connectivity index (χ2n) is 3.42. The standard InChI is InChI=1S/C12H10BrNO3/c13-11-9(5-6-17-11)12(16)14-7-8-3-1-2-4-10(8)15/h1-6,15H,7H2,(H,14,16). The average Bonchev–Trinajstić information content (AvgIpc) is 2.74. The maximum Gasteiger partial charge on any atom is 0.256 e. The molecule has 0 unspecified atom stereocenters. The van der Waals surface area contributed by atoms with Gasteiger partial charge in [0.1, 0.15) is 5.75 Å². The number of furan rings is 1. The van der Waals surface area contributed by atoms with Crippen LogP contribution < -0.4 is 5.32 Å². The molecule has 0 bridgehead atoms. The van der Waals surface area contributed by atoms with Crippen LogP contribution in [0.25, 0.3) is 0 Å². The van der Waals surface area contributed by atoms with Crippen molar-refractivity contribution in [2.75, 3.05) is 0 Å². The van der Waals surface area contributed by atoms with E-state index in [1.54, 1.807) is 30.3 Å². The van der Waals surface area contributed by atoms with Crippen molar-refractivity contribution in [3.63, 3.8) is 0 Å². The zero-order valence-corrected chi connectivity index (χ0v) is 10.4. The van der Waals surface area contributed by atoms with Crippen molar-refractivity contribution in [1.29, 1.82) is 0 Å². The predicted molar refractivity (Wildman–Crippen MR) is 65.7 cm³/mol. The number of carbonyl (C=O) groups is 1. The molecule has 0 saturated heterocycles. The van der Waals surface area contributed by atoms with Crippen LogP contribution in [0.1, 0.15) is 15.9 Å². The predicted octanol–water partition coefficient (Wildman–Crippen LogP) is 2.68. The third kappa shape index (κ3) is 2.68. The number of aromatic hydroxyl groups is 1. The van der Waals surface area contributed by atoms with Crippen molar-refractivity contribution < 1.29 is 14.3 Å².